The van der Waals surface area contributed by atoms with Gasteiger partial charge in [0, 0.05) is 18.7 Å². The van der Waals surface area contributed by atoms with Crippen molar-refractivity contribution in [1.29, 1.82) is 0 Å². The molecule has 0 unspecified atom stereocenters. The lowest BCUT2D eigenvalue weighted by Crippen LogP contribution is -2.28. The van der Waals surface area contributed by atoms with Crippen LogP contribution in [0.5, 0.6) is 5.75 Å². The molecule has 1 fully saturated rings. The van der Waals surface area contributed by atoms with Crippen molar-refractivity contribution in [3.05, 3.63) is 48.5 Å². The maximum atomic E-state index is 12.6. The van der Waals surface area contributed by atoms with E-state index in [1.165, 1.54) is 11.3 Å². The van der Waals surface area contributed by atoms with Gasteiger partial charge in [0.1, 0.15) is 5.75 Å². The molecule has 3 aromatic rings. The fourth-order valence-electron chi connectivity index (χ4n) is 3.21. The average molecular weight is 395 g/mol. The number of anilines is 2. The Bertz CT molecular complexity index is 967. The molecular weight excluding hydrogens is 374 g/mol. The summed E-state index contributed by atoms with van der Waals surface area (Å²) >= 11 is 1.43. The second kappa shape index (κ2) is 7.98. The highest BCUT2D eigenvalue weighted by Crippen LogP contribution is 2.29. The van der Waals surface area contributed by atoms with Crippen molar-refractivity contribution in [3.8, 4) is 5.75 Å². The van der Waals surface area contributed by atoms with Crippen molar-refractivity contribution < 1.29 is 14.3 Å². The van der Waals surface area contributed by atoms with Crippen molar-refractivity contribution in [2.75, 3.05) is 23.4 Å². The molecule has 0 radical (unpaired) electrons. The molecular formula is C21H21N3O3S. The van der Waals surface area contributed by atoms with E-state index < -0.39 is 5.92 Å². The summed E-state index contributed by atoms with van der Waals surface area (Å²) in [6.07, 6.45) is 1.14. The van der Waals surface area contributed by atoms with Crippen molar-refractivity contribution in [3.63, 3.8) is 0 Å². The molecule has 1 aliphatic heterocycles. The second-order valence-electron chi connectivity index (χ2n) is 6.72. The number of hydrogen-bond donors (Lipinski definition) is 1. The number of rotatable bonds is 6. The van der Waals surface area contributed by atoms with Crippen LogP contribution in [0.4, 0.5) is 10.8 Å². The summed E-state index contributed by atoms with van der Waals surface area (Å²) in [6.45, 7) is 3.08. The number of fused-ring (bicyclic) bond motifs is 1. The highest BCUT2D eigenvalue weighted by molar-refractivity contribution is 7.22. The predicted octanol–water partition coefficient (Wildman–Crippen LogP) is 4.08. The lowest BCUT2D eigenvalue weighted by atomic mass is 10.1. The molecule has 4 rings (SSSR count). The summed E-state index contributed by atoms with van der Waals surface area (Å²) in [6, 6.07) is 15.2. The lowest BCUT2D eigenvalue weighted by Gasteiger charge is -2.17. The van der Waals surface area contributed by atoms with Gasteiger partial charge in [-0.2, -0.15) is 0 Å². The normalized spacial score (nSPS) is 16.5. The zero-order valence-corrected chi connectivity index (χ0v) is 16.4. The smallest absolute Gasteiger partial charge is 0.231 e. The molecule has 1 N–H and O–H groups in total. The predicted molar refractivity (Wildman–Crippen MR) is 111 cm³/mol. The minimum Gasteiger partial charge on any atom is -0.494 e. The van der Waals surface area contributed by atoms with Crippen molar-refractivity contribution >= 4 is 44.2 Å². The molecule has 1 saturated heterocycles. The third-order valence-electron chi connectivity index (χ3n) is 4.64. The van der Waals surface area contributed by atoms with E-state index in [4.69, 9.17) is 4.74 Å². The monoisotopic (exact) mass is 395 g/mol. The number of amides is 2. The molecule has 2 heterocycles. The Kier molecular flexibility index (Phi) is 5.25. The Labute approximate surface area is 167 Å². The highest BCUT2D eigenvalue weighted by atomic mass is 32.1. The van der Waals surface area contributed by atoms with Gasteiger partial charge in [0.15, 0.2) is 5.13 Å². The number of nitrogens with one attached hydrogen (secondary N) is 1. The summed E-state index contributed by atoms with van der Waals surface area (Å²) in [7, 11) is 0. The van der Waals surface area contributed by atoms with Gasteiger partial charge in [0.25, 0.3) is 0 Å². The molecule has 0 saturated carbocycles. The van der Waals surface area contributed by atoms with Crippen LogP contribution >= 0.6 is 11.3 Å². The summed E-state index contributed by atoms with van der Waals surface area (Å²) in [5, 5.41) is 3.43. The minimum absolute atomic E-state index is 0.0494. The van der Waals surface area contributed by atoms with Crippen LogP contribution in [-0.2, 0) is 9.59 Å². The van der Waals surface area contributed by atoms with Gasteiger partial charge in [-0.1, -0.05) is 30.4 Å². The van der Waals surface area contributed by atoms with Gasteiger partial charge in [-0.25, -0.2) is 4.98 Å². The van der Waals surface area contributed by atoms with Crippen LogP contribution in [0.3, 0.4) is 0 Å². The summed E-state index contributed by atoms with van der Waals surface area (Å²) in [5.74, 6) is 0.169. The van der Waals surface area contributed by atoms with Gasteiger partial charge in [0.05, 0.1) is 22.7 Å². The molecule has 7 heteroatoms. The number of hydrogen-bond acceptors (Lipinski definition) is 5. The van der Waals surface area contributed by atoms with Crippen LogP contribution in [0.15, 0.2) is 48.5 Å². The largest absolute Gasteiger partial charge is 0.494 e. The molecule has 2 amide bonds. The van der Waals surface area contributed by atoms with Gasteiger partial charge in [0.2, 0.25) is 11.8 Å². The molecule has 28 heavy (non-hydrogen) atoms. The molecule has 2 aromatic carbocycles. The first-order valence-electron chi connectivity index (χ1n) is 9.33. The van der Waals surface area contributed by atoms with Crippen LogP contribution in [-0.4, -0.2) is 29.9 Å². The van der Waals surface area contributed by atoms with Crippen LogP contribution in [0.1, 0.15) is 19.8 Å². The minimum atomic E-state index is -0.393. The van der Waals surface area contributed by atoms with Gasteiger partial charge in [-0.15, -0.1) is 0 Å². The number of ether oxygens (including phenoxy) is 1. The lowest BCUT2D eigenvalue weighted by molar-refractivity contribution is -0.122. The van der Waals surface area contributed by atoms with E-state index in [0.717, 1.165) is 28.1 Å². The molecule has 0 aliphatic carbocycles. The number of aromatic nitrogens is 1. The van der Waals surface area contributed by atoms with Crippen molar-refractivity contribution in [2.45, 2.75) is 19.8 Å². The summed E-state index contributed by atoms with van der Waals surface area (Å²) in [5.41, 5.74) is 1.64. The number of nitrogens with zero attached hydrogens (tertiary/aromatic N) is 2. The fourth-order valence-corrected chi connectivity index (χ4v) is 4.08. The Hall–Kier alpha value is -2.93. The van der Waals surface area contributed by atoms with Crippen molar-refractivity contribution in [2.24, 2.45) is 5.92 Å². The maximum absolute atomic E-state index is 12.6. The van der Waals surface area contributed by atoms with Gasteiger partial charge in [-0.3, -0.25) is 9.59 Å². The first-order chi connectivity index (χ1) is 13.6. The first-order valence-corrected chi connectivity index (χ1v) is 10.2. The van der Waals surface area contributed by atoms with Crippen LogP contribution < -0.4 is 15.0 Å². The Morgan fingerprint density at radius 2 is 2.04 bits per heavy atom. The SMILES string of the molecule is CCCOc1ccc(N2C[C@@H](C(=O)Nc3nc4ccccc4s3)CC2=O)cc1. The van der Waals surface area contributed by atoms with E-state index in [1.807, 2.05) is 48.5 Å². The average Bonchev–Trinajstić information content (AvgIpc) is 3.29. The number of thiazole rings is 1. The van der Waals surface area contributed by atoms with E-state index >= 15 is 0 Å². The van der Waals surface area contributed by atoms with Crippen LogP contribution in [0, 0.1) is 5.92 Å². The van der Waals surface area contributed by atoms with E-state index in [-0.39, 0.29) is 18.2 Å². The zero-order chi connectivity index (χ0) is 19.5. The number of benzene rings is 2. The Balaban J connectivity index is 1.41. The molecule has 1 atom stereocenters. The summed E-state index contributed by atoms with van der Waals surface area (Å²) in [4.78, 5) is 31.2. The third kappa shape index (κ3) is 3.84. The van der Waals surface area contributed by atoms with E-state index in [2.05, 4.69) is 17.2 Å². The number of para-hydroxylation sites is 1. The summed E-state index contributed by atoms with van der Waals surface area (Å²) < 4.78 is 6.60. The van der Waals surface area contributed by atoms with Crippen LogP contribution in [0.2, 0.25) is 0 Å². The zero-order valence-electron chi connectivity index (χ0n) is 15.6. The van der Waals surface area contributed by atoms with Gasteiger partial charge in [-0.05, 0) is 42.8 Å². The topological polar surface area (TPSA) is 71.5 Å². The molecule has 6 nitrogen and oxygen atoms in total. The Morgan fingerprint density at radius 1 is 1.25 bits per heavy atom. The fraction of sp³-hybridized carbons (Fsp3) is 0.286. The standard InChI is InChI=1S/C21H21N3O3S/c1-2-11-27-16-9-7-15(8-10-16)24-13-14(12-19(24)25)20(26)23-21-22-17-5-3-4-6-18(17)28-21/h3-10,14H,2,11-13H2,1H3,(H,22,23,26)/t14-/m0/s1. The van der Waals surface area contributed by atoms with Gasteiger partial charge < -0.3 is 15.0 Å². The number of carbonyl (C=O) groups is 2. The molecule has 0 spiro atoms. The molecule has 1 aromatic heterocycles. The van der Waals surface area contributed by atoms with Crippen molar-refractivity contribution in [1.82, 2.24) is 4.98 Å². The van der Waals surface area contributed by atoms with E-state index in [1.54, 1.807) is 4.90 Å². The Morgan fingerprint density at radius 3 is 2.79 bits per heavy atom. The van der Waals surface area contributed by atoms with E-state index in [9.17, 15) is 9.59 Å². The molecule has 1 aliphatic rings. The first kappa shape index (κ1) is 18.4. The molecule has 144 valence electrons. The number of carbonyl (C=O) groups excluding carboxylic acids is 2. The maximum Gasteiger partial charge on any atom is 0.231 e. The third-order valence-corrected chi connectivity index (χ3v) is 5.59. The molecule has 0 bridgehead atoms. The van der Waals surface area contributed by atoms with E-state index in [0.29, 0.717) is 18.3 Å². The van der Waals surface area contributed by atoms with Crippen LogP contribution in [0.25, 0.3) is 10.2 Å². The van der Waals surface area contributed by atoms with Gasteiger partial charge >= 0.3 is 0 Å². The second-order valence-corrected chi connectivity index (χ2v) is 7.75. The highest BCUT2D eigenvalue weighted by Gasteiger charge is 2.35. The quantitative estimate of drug-likeness (QED) is 0.683.